The molecule has 1 aliphatic rings. The van der Waals surface area contributed by atoms with E-state index >= 15 is 0 Å². The second-order valence-corrected chi connectivity index (χ2v) is 6.66. The first kappa shape index (κ1) is 12.6. The van der Waals surface area contributed by atoms with Crippen LogP contribution in [0.4, 0.5) is 0 Å². The highest BCUT2D eigenvalue weighted by molar-refractivity contribution is 6.76. The Bertz CT molecular complexity index is 390. The molecular formula is C12H18O4Si. The number of para-hydroxylation sites is 1. The summed E-state index contributed by atoms with van der Waals surface area (Å²) in [5.41, 5.74) is 0. The number of rotatable bonds is 7. The van der Waals surface area contributed by atoms with Gasteiger partial charge in [0.2, 0.25) is 0 Å². The van der Waals surface area contributed by atoms with Crippen LogP contribution in [-0.2, 0) is 13.3 Å². The molecule has 1 aromatic carbocycles. The van der Waals surface area contributed by atoms with Gasteiger partial charge in [-0.3, -0.25) is 0 Å². The third-order valence-corrected chi connectivity index (χ3v) is 5.52. The maximum atomic E-state index is 5.88. The Labute approximate surface area is 103 Å². The molecular weight excluding hydrogens is 236 g/mol. The molecule has 1 aliphatic heterocycles. The summed E-state index contributed by atoms with van der Waals surface area (Å²) in [5, 5.41) is 0.927. The number of unbranched alkanes of at least 4 members (excludes halogenated alkanes) is 1. The number of benzene rings is 1. The van der Waals surface area contributed by atoms with Crippen molar-refractivity contribution in [1.29, 1.82) is 0 Å². The van der Waals surface area contributed by atoms with Crippen LogP contribution in [0.3, 0.4) is 0 Å². The minimum absolute atomic E-state index is 0.647. The molecule has 5 heteroatoms. The Morgan fingerprint density at radius 1 is 1.24 bits per heavy atom. The second-order valence-electron chi connectivity index (χ2n) is 3.90. The highest BCUT2D eigenvalue weighted by Crippen LogP contribution is 2.44. The zero-order chi connectivity index (χ0) is 12.3. The van der Waals surface area contributed by atoms with Crippen LogP contribution in [0.2, 0.25) is 0 Å². The average molecular weight is 254 g/mol. The van der Waals surface area contributed by atoms with Gasteiger partial charge in [-0.05, 0) is 12.5 Å². The minimum atomic E-state index is -2.77. The molecule has 4 nitrogen and oxygen atoms in total. The molecule has 0 aromatic heterocycles. The fourth-order valence-corrected chi connectivity index (χ4v) is 3.94. The van der Waals surface area contributed by atoms with E-state index in [4.69, 9.17) is 18.0 Å². The van der Waals surface area contributed by atoms with Crippen molar-refractivity contribution in [3.05, 3.63) is 18.2 Å². The highest BCUT2D eigenvalue weighted by Gasteiger charge is 2.48. The molecule has 1 aromatic rings. The van der Waals surface area contributed by atoms with E-state index in [1.54, 1.807) is 14.2 Å². The van der Waals surface area contributed by atoms with Crippen molar-refractivity contribution in [2.45, 2.75) is 19.8 Å². The summed E-state index contributed by atoms with van der Waals surface area (Å²) in [6.45, 7) is 2.77. The summed E-state index contributed by atoms with van der Waals surface area (Å²) in [6.07, 6.45) is 2.08. The van der Waals surface area contributed by atoms with E-state index < -0.39 is 8.80 Å². The van der Waals surface area contributed by atoms with Crippen molar-refractivity contribution in [1.82, 2.24) is 0 Å². The standard InChI is InChI=1S/C12H18O4Si/c1-4-5-9-15-17(13-2,14-3)11-8-6-7-10-12(11)16-10/h6-8H,4-5,9H2,1-3H3. The predicted molar refractivity (Wildman–Crippen MR) is 66.8 cm³/mol. The van der Waals surface area contributed by atoms with E-state index in [1.165, 1.54) is 0 Å². The Morgan fingerprint density at radius 2 is 2.00 bits per heavy atom. The second kappa shape index (κ2) is 5.18. The van der Waals surface area contributed by atoms with Crippen molar-refractivity contribution in [2.75, 3.05) is 20.8 Å². The van der Waals surface area contributed by atoms with Gasteiger partial charge in [0.25, 0.3) is 0 Å². The first-order chi connectivity index (χ1) is 8.27. The van der Waals surface area contributed by atoms with Gasteiger partial charge in [-0.25, -0.2) is 0 Å². The molecule has 0 bridgehead atoms. The van der Waals surface area contributed by atoms with Gasteiger partial charge in [-0.1, -0.05) is 25.5 Å². The molecule has 2 rings (SSSR count). The fraction of sp³-hybridized carbons (Fsp3) is 0.500. The maximum absolute atomic E-state index is 5.88. The first-order valence-electron chi connectivity index (χ1n) is 5.83. The van der Waals surface area contributed by atoms with Gasteiger partial charge in [0, 0.05) is 20.8 Å². The molecule has 0 spiro atoms. The smallest absolute Gasteiger partial charge is 0.449 e. The number of ether oxygens (including phenoxy) is 1. The van der Waals surface area contributed by atoms with Crippen LogP contribution in [-0.4, -0.2) is 29.6 Å². The monoisotopic (exact) mass is 254 g/mol. The third kappa shape index (κ3) is 2.37. The SMILES string of the molecule is CCCCO[Si](OC)(OC)c1cccc2c1O2. The molecule has 0 saturated heterocycles. The van der Waals surface area contributed by atoms with Crippen molar-refractivity contribution < 1.29 is 18.0 Å². The van der Waals surface area contributed by atoms with E-state index in [1.807, 2.05) is 18.2 Å². The average Bonchev–Trinajstić information content (AvgIpc) is 3.14. The lowest BCUT2D eigenvalue weighted by Crippen LogP contribution is -2.55. The van der Waals surface area contributed by atoms with Crippen molar-refractivity contribution in [3.63, 3.8) is 0 Å². The number of fused-ring (bicyclic) bond motifs is 1. The summed E-state index contributed by atoms with van der Waals surface area (Å²) in [6, 6.07) is 5.82. The van der Waals surface area contributed by atoms with Gasteiger partial charge in [0.15, 0.2) is 11.5 Å². The summed E-state index contributed by atoms with van der Waals surface area (Å²) in [7, 11) is 0.483. The Balaban J connectivity index is 2.19. The molecule has 0 unspecified atom stereocenters. The number of hydrogen-bond acceptors (Lipinski definition) is 4. The van der Waals surface area contributed by atoms with E-state index in [-0.39, 0.29) is 0 Å². The van der Waals surface area contributed by atoms with Crippen molar-refractivity contribution >= 4 is 14.0 Å². The quantitative estimate of drug-likeness (QED) is 0.431. The van der Waals surface area contributed by atoms with E-state index in [2.05, 4.69) is 6.92 Å². The normalized spacial score (nSPS) is 13.1. The summed E-state index contributed by atoms with van der Waals surface area (Å²) >= 11 is 0. The molecule has 0 amide bonds. The Hall–Kier alpha value is -0.883. The molecule has 0 atom stereocenters. The van der Waals surface area contributed by atoms with Crippen LogP contribution in [0.15, 0.2) is 18.2 Å². The molecule has 0 N–H and O–H groups in total. The van der Waals surface area contributed by atoms with Crippen LogP contribution in [0.1, 0.15) is 19.8 Å². The van der Waals surface area contributed by atoms with E-state index in [9.17, 15) is 0 Å². The van der Waals surface area contributed by atoms with Gasteiger partial charge >= 0.3 is 8.80 Å². The van der Waals surface area contributed by atoms with Gasteiger partial charge in [0.05, 0.1) is 5.19 Å². The predicted octanol–water partition coefficient (Wildman–Crippen LogP) is 2.05. The third-order valence-electron chi connectivity index (χ3n) is 2.81. The molecule has 1 heterocycles. The van der Waals surface area contributed by atoms with Gasteiger partial charge in [0.1, 0.15) is 0 Å². The van der Waals surface area contributed by atoms with Crippen LogP contribution in [0.25, 0.3) is 0 Å². The molecule has 17 heavy (non-hydrogen) atoms. The highest BCUT2D eigenvalue weighted by atomic mass is 28.4. The summed E-state index contributed by atoms with van der Waals surface area (Å²) < 4.78 is 22.4. The van der Waals surface area contributed by atoms with Gasteiger partial charge < -0.3 is 18.0 Å². The molecule has 0 saturated carbocycles. The van der Waals surface area contributed by atoms with Gasteiger partial charge in [-0.15, -0.1) is 0 Å². The molecule has 94 valence electrons. The van der Waals surface area contributed by atoms with Crippen LogP contribution in [0.5, 0.6) is 11.5 Å². The van der Waals surface area contributed by atoms with E-state index in [0.29, 0.717) is 6.61 Å². The summed E-state index contributed by atoms with van der Waals surface area (Å²) in [4.78, 5) is 0. The lowest BCUT2D eigenvalue weighted by molar-refractivity contribution is 0.112. The zero-order valence-corrected chi connectivity index (χ0v) is 11.5. The number of hydrogen-bond donors (Lipinski definition) is 0. The fourth-order valence-electron chi connectivity index (χ4n) is 1.78. The molecule has 0 aliphatic carbocycles. The molecule has 0 fully saturated rings. The van der Waals surface area contributed by atoms with Crippen LogP contribution >= 0.6 is 0 Å². The van der Waals surface area contributed by atoms with Crippen LogP contribution < -0.4 is 9.92 Å². The van der Waals surface area contributed by atoms with E-state index in [0.717, 1.165) is 29.5 Å². The Kier molecular flexibility index (Phi) is 3.83. The molecule has 0 radical (unpaired) electrons. The largest absolute Gasteiger partial charge is 0.540 e. The zero-order valence-electron chi connectivity index (χ0n) is 10.5. The summed E-state index contributed by atoms with van der Waals surface area (Å²) in [5.74, 6) is 1.76. The first-order valence-corrected chi connectivity index (χ1v) is 7.55. The minimum Gasteiger partial charge on any atom is -0.449 e. The van der Waals surface area contributed by atoms with Crippen LogP contribution in [0, 0.1) is 0 Å². The van der Waals surface area contributed by atoms with Crippen molar-refractivity contribution in [3.8, 4) is 11.5 Å². The Morgan fingerprint density at radius 3 is 2.65 bits per heavy atom. The van der Waals surface area contributed by atoms with Crippen molar-refractivity contribution in [2.24, 2.45) is 0 Å². The van der Waals surface area contributed by atoms with Gasteiger partial charge in [-0.2, -0.15) is 0 Å². The maximum Gasteiger partial charge on any atom is 0.540 e. The lowest BCUT2D eigenvalue weighted by atomic mass is 10.4. The topological polar surface area (TPSA) is 40.2 Å². The lowest BCUT2D eigenvalue weighted by Gasteiger charge is -2.25.